The van der Waals surface area contributed by atoms with E-state index in [1.807, 2.05) is 13.0 Å². The number of carbonyl (C=O) groups excluding carboxylic acids is 1. The van der Waals surface area contributed by atoms with Gasteiger partial charge in [-0.1, -0.05) is 0 Å². The van der Waals surface area contributed by atoms with Crippen molar-refractivity contribution in [1.82, 2.24) is 4.90 Å². The molecule has 0 bridgehead atoms. The van der Waals surface area contributed by atoms with E-state index in [-0.39, 0.29) is 24.0 Å². The molecule has 2 aliphatic heterocycles. The number of ether oxygens (including phenoxy) is 1. The summed E-state index contributed by atoms with van der Waals surface area (Å²) in [6.07, 6.45) is 2.57. The third-order valence-corrected chi connectivity index (χ3v) is 4.70. The lowest BCUT2D eigenvalue weighted by Crippen LogP contribution is -2.51. The molecule has 0 aliphatic carbocycles. The lowest BCUT2D eigenvalue weighted by atomic mass is 9.96. The lowest BCUT2D eigenvalue weighted by Gasteiger charge is -2.38. The fourth-order valence-electron chi connectivity index (χ4n) is 3.57. The van der Waals surface area contributed by atoms with Crippen molar-refractivity contribution in [2.24, 2.45) is 0 Å². The highest BCUT2D eigenvalue weighted by molar-refractivity contribution is 6.00. The van der Waals surface area contributed by atoms with E-state index in [1.165, 1.54) is 11.3 Å². The minimum Gasteiger partial charge on any atom is -0.385 e. The van der Waals surface area contributed by atoms with E-state index in [0.29, 0.717) is 0 Å². The summed E-state index contributed by atoms with van der Waals surface area (Å²) in [6, 6.07) is 6.00. The van der Waals surface area contributed by atoms with Crippen molar-refractivity contribution >= 4 is 11.5 Å². The fourth-order valence-corrected chi connectivity index (χ4v) is 3.57. The first-order valence-corrected chi connectivity index (χ1v) is 8.35. The summed E-state index contributed by atoms with van der Waals surface area (Å²) < 4.78 is 5.77. The van der Waals surface area contributed by atoms with Crippen LogP contribution in [0.5, 0.6) is 0 Å². The molecule has 0 spiro atoms. The topological polar surface area (TPSA) is 41.6 Å². The average Bonchev–Trinajstić information content (AvgIpc) is 2.52. The Morgan fingerprint density at radius 3 is 2.77 bits per heavy atom. The third-order valence-electron chi connectivity index (χ3n) is 4.70. The zero-order valence-corrected chi connectivity index (χ0v) is 13.8. The highest BCUT2D eigenvalue weighted by atomic mass is 16.5. The Labute approximate surface area is 132 Å². The molecule has 1 fully saturated rings. The van der Waals surface area contributed by atoms with Crippen molar-refractivity contribution in [3.63, 3.8) is 0 Å². The van der Waals surface area contributed by atoms with Gasteiger partial charge in [-0.25, -0.2) is 0 Å². The summed E-state index contributed by atoms with van der Waals surface area (Å²) in [4.78, 5) is 15.1. The normalized spacial score (nSPS) is 26.9. The van der Waals surface area contributed by atoms with Gasteiger partial charge in [-0.05, 0) is 57.4 Å². The number of morpholine rings is 1. The summed E-state index contributed by atoms with van der Waals surface area (Å²) in [5, 5.41) is 3.39. The van der Waals surface area contributed by atoms with Crippen LogP contribution in [0, 0.1) is 0 Å². The second-order valence-corrected chi connectivity index (χ2v) is 6.65. The van der Waals surface area contributed by atoms with Gasteiger partial charge in [0.15, 0.2) is 5.78 Å². The number of hydrogen-bond donors (Lipinski definition) is 1. The van der Waals surface area contributed by atoms with E-state index in [9.17, 15) is 4.79 Å². The molecule has 4 heteroatoms. The molecule has 3 rings (SSSR count). The molecule has 3 unspecified atom stereocenters. The van der Waals surface area contributed by atoms with Crippen LogP contribution in [0.15, 0.2) is 18.2 Å². The first-order valence-electron chi connectivity index (χ1n) is 8.35. The van der Waals surface area contributed by atoms with Crippen molar-refractivity contribution in [1.29, 1.82) is 0 Å². The summed E-state index contributed by atoms with van der Waals surface area (Å²) in [6.45, 7) is 8.84. The van der Waals surface area contributed by atoms with Gasteiger partial charge in [-0.2, -0.15) is 0 Å². The maximum absolute atomic E-state index is 12.8. The number of benzene rings is 1. The van der Waals surface area contributed by atoms with Crippen LogP contribution in [0.3, 0.4) is 0 Å². The summed E-state index contributed by atoms with van der Waals surface area (Å²) >= 11 is 0. The van der Waals surface area contributed by atoms with Crippen LogP contribution in [0.25, 0.3) is 0 Å². The Bertz CT molecular complexity index is 548. The van der Waals surface area contributed by atoms with Gasteiger partial charge in [0, 0.05) is 30.9 Å². The molecule has 2 aliphatic rings. The number of nitrogens with zero attached hydrogens (tertiary/aromatic N) is 1. The van der Waals surface area contributed by atoms with Crippen molar-refractivity contribution in [2.75, 3.05) is 25.0 Å². The van der Waals surface area contributed by atoms with Crippen molar-refractivity contribution in [3.8, 4) is 0 Å². The molecule has 2 heterocycles. The second-order valence-electron chi connectivity index (χ2n) is 6.65. The van der Waals surface area contributed by atoms with Crippen LogP contribution < -0.4 is 5.32 Å². The summed E-state index contributed by atoms with van der Waals surface area (Å²) in [5.41, 5.74) is 3.29. The van der Waals surface area contributed by atoms with E-state index >= 15 is 0 Å². The van der Waals surface area contributed by atoms with Crippen LogP contribution in [-0.4, -0.2) is 48.6 Å². The number of ketones is 1. The largest absolute Gasteiger partial charge is 0.385 e. The number of rotatable bonds is 3. The van der Waals surface area contributed by atoms with Crippen LogP contribution in [-0.2, 0) is 11.2 Å². The smallest absolute Gasteiger partial charge is 0.179 e. The zero-order chi connectivity index (χ0) is 15.7. The SMILES string of the molecule is CC1CN(C(C)C(=O)c2ccc3c(c2)CCCN3)CC(C)O1. The maximum Gasteiger partial charge on any atom is 0.179 e. The van der Waals surface area contributed by atoms with E-state index in [4.69, 9.17) is 4.74 Å². The standard InChI is InChI=1S/C18H26N2O2/c1-12-10-20(11-13(2)22-12)14(3)18(21)16-6-7-17-15(9-16)5-4-8-19-17/h6-7,9,12-14,19H,4-5,8,10-11H2,1-3H3. The highest BCUT2D eigenvalue weighted by Crippen LogP contribution is 2.24. The Morgan fingerprint density at radius 2 is 2.05 bits per heavy atom. The monoisotopic (exact) mass is 302 g/mol. The Hall–Kier alpha value is -1.39. The molecule has 3 atom stereocenters. The molecule has 1 aromatic carbocycles. The highest BCUT2D eigenvalue weighted by Gasteiger charge is 2.30. The first kappa shape index (κ1) is 15.5. The van der Waals surface area contributed by atoms with Crippen molar-refractivity contribution < 1.29 is 9.53 Å². The van der Waals surface area contributed by atoms with Crippen LogP contribution in [0.2, 0.25) is 0 Å². The molecule has 0 saturated carbocycles. The molecular weight excluding hydrogens is 276 g/mol. The molecule has 0 radical (unpaired) electrons. The van der Waals surface area contributed by atoms with Gasteiger partial charge in [0.2, 0.25) is 0 Å². The van der Waals surface area contributed by atoms with Crippen molar-refractivity contribution in [3.05, 3.63) is 29.3 Å². The van der Waals surface area contributed by atoms with Crippen molar-refractivity contribution in [2.45, 2.75) is 51.9 Å². The van der Waals surface area contributed by atoms with Gasteiger partial charge >= 0.3 is 0 Å². The quantitative estimate of drug-likeness (QED) is 0.872. The molecule has 0 amide bonds. The Morgan fingerprint density at radius 1 is 1.32 bits per heavy atom. The van der Waals surface area contributed by atoms with Gasteiger partial charge < -0.3 is 10.1 Å². The van der Waals surface area contributed by atoms with Crippen LogP contribution in [0.1, 0.15) is 43.1 Å². The number of hydrogen-bond acceptors (Lipinski definition) is 4. The molecule has 1 aromatic rings. The average molecular weight is 302 g/mol. The van der Waals surface area contributed by atoms with E-state index in [1.54, 1.807) is 0 Å². The van der Waals surface area contributed by atoms with Crippen LogP contribution >= 0.6 is 0 Å². The maximum atomic E-state index is 12.8. The molecule has 0 aromatic heterocycles. The van der Waals surface area contributed by atoms with Gasteiger partial charge in [0.05, 0.1) is 18.2 Å². The third kappa shape index (κ3) is 3.18. The van der Waals surface area contributed by atoms with E-state index < -0.39 is 0 Å². The number of anilines is 1. The fraction of sp³-hybridized carbons (Fsp3) is 0.611. The molecule has 4 nitrogen and oxygen atoms in total. The van der Waals surface area contributed by atoms with Gasteiger partial charge in [0.1, 0.15) is 0 Å². The predicted octanol–water partition coefficient (Wildman–Crippen LogP) is 2.73. The molecule has 1 N–H and O–H groups in total. The minimum atomic E-state index is -0.0941. The summed E-state index contributed by atoms with van der Waals surface area (Å²) in [5.74, 6) is 0.217. The van der Waals surface area contributed by atoms with Gasteiger partial charge in [0.25, 0.3) is 0 Å². The first-order chi connectivity index (χ1) is 10.5. The van der Waals surface area contributed by atoms with E-state index in [2.05, 4.69) is 36.2 Å². The van der Waals surface area contributed by atoms with Gasteiger partial charge in [-0.3, -0.25) is 9.69 Å². The number of Topliss-reactive ketones (excluding diaryl/α,β-unsaturated/α-hetero) is 1. The Balaban J connectivity index is 1.75. The number of nitrogens with one attached hydrogen (secondary N) is 1. The predicted molar refractivity (Wildman–Crippen MR) is 88.6 cm³/mol. The van der Waals surface area contributed by atoms with Crippen LogP contribution in [0.4, 0.5) is 5.69 Å². The molecule has 120 valence electrons. The number of aryl methyl sites for hydroxylation is 1. The Kier molecular flexibility index (Phi) is 4.50. The lowest BCUT2D eigenvalue weighted by molar-refractivity contribution is -0.0744. The molecule has 22 heavy (non-hydrogen) atoms. The molecular formula is C18H26N2O2. The summed E-state index contributed by atoms with van der Waals surface area (Å²) in [7, 11) is 0. The van der Waals surface area contributed by atoms with E-state index in [0.717, 1.165) is 38.0 Å². The number of fused-ring (bicyclic) bond motifs is 1. The second kappa shape index (κ2) is 6.39. The number of carbonyl (C=O) groups is 1. The minimum absolute atomic E-state index is 0.0941. The van der Waals surface area contributed by atoms with Gasteiger partial charge in [-0.15, -0.1) is 0 Å². The zero-order valence-electron chi connectivity index (χ0n) is 13.8. The molecule has 1 saturated heterocycles.